The first-order chi connectivity index (χ1) is 9.08. The van der Waals surface area contributed by atoms with Crippen LogP contribution in [0.4, 0.5) is 4.79 Å². The Labute approximate surface area is 114 Å². The molecule has 0 bridgehead atoms. The zero-order valence-corrected chi connectivity index (χ0v) is 11.3. The van der Waals surface area contributed by atoms with Gasteiger partial charge in [-0.25, -0.2) is 4.79 Å². The van der Waals surface area contributed by atoms with Gasteiger partial charge in [0.25, 0.3) is 0 Å². The van der Waals surface area contributed by atoms with Crippen molar-refractivity contribution in [2.24, 2.45) is 0 Å². The summed E-state index contributed by atoms with van der Waals surface area (Å²) in [5, 5.41) is 24.0. The molecule has 0 fully saturated rings. The van der Waals surface area contributed by atoms with E-state index in [0.29, 0.717) is 6.54 Å². The van der Waals surface area contributed by atoms with E-state index in [-0.39, 0.29) is 12.6 Å². The molecule has 2 aromatic rings. The number of rotatable bonds is 5. The normalized spacial score (nSPS) is 13.8. The summed E-state index contributed by atoms with van der Waals surface area (Å²) in [5.41, 5.74) is -0.236. The monoisotopic (exact) mass is 280 g/mol. The number of aliphatic hydroxyl groups is 1. The van der Waals surface area contributed by atoms with Crippen molar-refractivity contribution in [3.05, 3.63) is 40.3 Å². The van der Waals surface area contributed by atoms with Crippen LogP contribution in [0.1, 0.15) is 17.5 Å². The molecule has 0 saturated heterocycles. The molecule has 19 heavy (non-hydrogen) atoms. The Morgan fingerprint density at radius 3 is 3.00 bits per heavy atom. The van der Waals surface area contributed by atoms with Crippen LogP contribution in [0.2, 0.25) is 0 Å². The number of H-pyrrole nitrogens is 1. The van der Waals surface area contributed by atoms with Gasteiger partial charge in [0.15, 0.2) is 0 Å². The Morgan fingerprint density at radius 1 is 1.53 bits per heavy atom. The van der Waals surface area contributed by atoms with Gasteiger partial charge in [0.05, 0.1) is 18.8 Å². The molecule has 2 aromatic heterocycles. The van der Waals surface area contributed by atoms with E-state index in [2.05, 4.69) is 20.8 Å². The molecule has 102 valence electrons. The molecule has 7 heteroatoms. The largest absolute Gasteiger partial charge is 0.383 e. The lowest BCUT2D eigenvalue weighted by Gasteiger charge is -2.22. The van der Waals surface area contributed by atoms with E-state index < -0.39 is 5.60 Å². The summed E-state index contributed by atoms with van der Waals surface area (Å²) in [7, 11) is 0. The number of hydrogen-bond donors (Lipinski definition) is 4. The summed E-state index contributed by atoms with van der Waals surface area (Å²) in [5.74, 6) is 0. The van der Waals surface area contributed by atoms with Crippen molar-refractivity contribution < 1.29 is 9.90 Å². The Bertz CT molecular complexity index is 508. The number of nitrogens with zero attached hydrogens (tertiary/aromatic N) is 1. The average molecular weight is 280 g/mol. The van der Waals surface area contributed by atoms with Gasteiger partial charge in [-0.3, -0.25) is 5.10 Å². The SMILES string of the molecule is CC(O)(CNC(=O)NCc1ccn[nH]1)c1cccs1. The van der Waals surface area contributed by atoms with Crippen molar-refractivity contribution in [2.45, 2.75) is 19.1 Å². The van der Waals surface area contributed by atoms with E-state index >= 15 is 0 Å². The summed E-state index contributed by atoms with van der Waals surface area (Å²) in [6.45, 7) is 2.20. The first kappa shape index (κ1) is 13.6. The third-order valence-corrected chi connectivity index (χ3v) is 3.77. The van der Waals surface area contributed by atoms with Gasteiger partial charge >= 0.3 is 6.03 Å². The summed E-state index contributed by atoms with van der Waals surface area (Å²) < 4.78 is 0. The molecule has 0 aliphatic carbocycles. The van der Waals surface area contributed by atoms with Gasteiger partial charge in [-0.1, -0.05) is 6.07 Å². The molecule has 1 atom stereocenters. The molecule has 0 spiro atoms. The predicted molar refractivity (Wildman–Crippen MR) is 72.7 cm³/mol. The van der Waals surface area contributed by atoms with Gasteiger partial charge in [0.1, 0.15) is 5.60 Å². The second-order valence-corrected chi connectivity index (χ2v) is 5.32. The molecular formula is C12H16N4O2S. The number of urea groups is 1. The number of aromatic amines is 1. The van der Waals surface area contributed by atoms with Gasteiger partial charge in [0.2, 0.25) is 0 Å². The second kappa shape index (κ2) is 5.85. The molecule has 6 nitrogen and oxygen atoms in total. The van der Waals surface area contributed by atoms with Crippen molar-refractivity contribution >= 4 is 17.4 Å². The number of carbonyl (C=O) groups is 1. The Kier molecular flexibility index (Phi) is 4.18. The first-order valence-electron chi connectivity index (χ1n) is 5.84. The van der Waals surface area contributed by atoms with Crippen LogP contribution < -0.4 is 10.6 Å². The summed E-state index contributed by atoms with van der Waals surface area (Å²) in [6.07, 6.45) is 1.62. The van der Waals surface area contributed by atoms with Gasteiger partial charge in [-0.05, 0) is 24.4 Å². The predicted octanol–water partition coefficient (Wildman–Crippen LogP) is 1.18. The van der Waals surface area contributed by atoms with Crippen molar-refractivity contribution in [3.8, 4) is 0 Å². The minimum absolute atomic E-state index is 0.155. The van der Waals surface area contributed by atoms with Gasteiger partial charge < -0.3 is 15.7 Å². The van der Waals surface area contributed by atoms with E-state index in [1.807, 2.05) is 17.5 Å². The van der Waals surface area contributed by atoms with E-state index in [1.54, 1.807) is 19.2 Å². The standard InChI is InChI=1S/C12H16N4O2S/c1-12(18,10-3-2-6-19-10)8-14-11(17)13-7-9-4-5-15-16-9/h2-6,18H,7-8H2,1H3,(H,15,16)(H2,13,14,17). The van der Waals surface area contributed by atoms with Crippen molar-refractivity contribution in [1.29, 1.82) is 0 Å². The van der Waals surface area contributed by atoms with Crippen molar-refractivity contribution in [3.63, 3.8) is 0 Å². The molecule has 0 saturated carbocycles. The molecule has 2 amide bonds. The number of hydrogen-bond acceptors (Lipinski definition) is 4. The fourth-order valence-electron chi connectivity index (χ4n) is 1.55. The maximum absolute atomic E-state index is 11.6. The minimum Gasteiger partial charge on any atom is -0.383 e. The Hall–Kier alpha value is -1.86. The number of thiophene rings is 1. The number of amides is 2. The summed E-state index contributed by atoms with van der Waals surface area (Å²) in [6, 6.07) is 5.16. The van der Waals surface area contributed by atoms with Crippen LogP contribution >= 0.6 is 11.3 Å². The van der Waals surface area contributed by atoms with Crippen molar-refractivity contribution in [2.75, 3.05) is 6.54 Å². The lowest BCUT2D eigenvalue weighted by Crippen LogP contribution is -2.42. The maximum Gasteiger partial charge on any atom is 0.315 e. The zero-order chi connectivity index (χ0) is 13.7. The Morgan fingerprint density at radius 2 is 2.37 bits per heavy atom. The molecule has 1 unspecified atom stereocenters. The topological polar surface area (TPSA) is 90.0 Å². The molecule has 2 heterocycles. The fourth-order valence-corrected chi connectivity index (χ4v) is 2.33. The van der Waals surface area contributed by atoms with Gasteiger partial charge in [-0.2, -0.15) is 5.10 Å². The number of carbonyl (C=O) groups excluding carboxylic acids is 1. The first-order valence-corrected chi connectivity index (χ1v) is 6.72. The van der Waals surface area contributed by atoms with Crippen LogP contribution in [-0.2, 0) is 12.1 Å². The van der Waals surface area contributed by atoms with E-state index in [9.17, 15) is 9.90 Å². The minimum atomic E-state index is -1.06. The second-order valence-electron chi connectivity index (χ2n) is 4.37. The number of aromatic nitrogens is 2. The molecule has 0 aliphatic heterocycles. The lowest BCUT2D eigenvalue weighted by atomic mass is 10.1. The third kappa shape index (κ3) is 3.80. The summed E-state index contributed by atoms with van der Waals surface area (Å²) >= 11 is 1.46. The highest BCUT2D eigenvalue weighted by atomic mass is 32.1. The highest BCUT2D eigenvalue weighted by molar-refractivity contribution is 7.10. The van der Waals surface area contributed by atoms with Gasteiger partial charge in [0, 0.05) is 11.1 Å². The molecular weight excluding hydrogens is 264 g/mol. The van der Waals surface area contributed by atoms with E-state index in [1.165, 1.54) is 11.3 Å². The lowest BCUT2D eigenvalue weighted by molar-refractivity contribution is 0.0631. The average Bonchev–Trinajstić information content (AvgIpc) is 3.06. The quantitative estimate of drug-likeness (QED) is 0.663. The highest BCUT2D eigenvalue weighted by Gasteiger charge is 2.24. The maximum atomic E-state index is 11.6. The third-order valence-electron chi connectivity index (χ3n) is 2.64. The highest BCUT2D eigenvalue weighted by Crippen LogP contribution is 2.24. The molecule has 0 radical (unpaired) electrons. The van der Waals surface area contributed by atoms with Crippen LogP contribution in [0.25, 0.3) is 0 Å². The van der Waals surface area contributed by atoms with Gasteiger partial charge in [-0.15, -0.1) is 11.3 Å². The van der Waals surface area contributed by atoms with Crippen LogP contribution in [0.5, 0.6) is 0 Å². The molecule has 4 N–H and O–H groups in total. The Balaban J connectivity index is 1.77. The van der Waals surface area contributed by atoms with Crippen LogP contribution in [0.3, 0.4) is 0 Å². The smallest absolute Gasteiger partial charge is 0.315 e. The van der Waals surface area contributed by atoms with E-state index in [0.717, 1.165) is 10.6 Å². The van der Waals surface area contributed by atoms with Crippen molar-refractivity contribution in [1.82, 2.24) is 20.8 Å². The molecule has 2 rings (SSSR count). The number of nitrogens with one attached hydrogen (secondary N) is 3. The van der Waals surface area contributed by atoms with E-state index in [4.69, 9.17) is 0 Å². The van der Waals surface area contributed by atoms with Crippen LogP contribution in [0, 0.1) is 0 Å². The zero-order valence-electron chi connectivity index (χ0n) is 10.5. The van der Waals surface area contributed by atoms with Crippen LogP contribution in [0.15, 0.2) is 29.8 Å². The fraction of sp³-hybridized carbons (Fsp3) is 0.333. The molecule has 0 aromatic carbocycles. The summed E-state index contributed by atoms with van der Waals surface area (Å²) in [4.78, 5) is 12.4. The molecule has 0 aliphatic rings. The van der Waals surface area contributed by atoms with Crippen LogP contribution in [-0.4, -0.2) is 27.9 Å².